The molecule has 2 amide bonds. The largest absolute Gasteiger partial charge is 0.394 e. The number of anilines is 1. The lowest BCUT2D eigenvalue weighted by molar-refractivity contribution is -0.122. The standard InChI is InChI=1S/C21H24N2O3/c1-21(2,15-24)23-20(26)14-17-8-11-18(12-9-17)22-19(25)13-10-16-6-4-3-5-7-16/h3-13,24H,14-15H2,1-2H3,(H,22,25)(H,23,26)/b13-10+. The summed E-state index contributed by atoms with van der Waals surface area (Å²) in [6, 6.07) is 16.7. The van der Waals surface area contributed by atoms with Gasteiger partial charge in [-0.1, -0.05) is 42.5 Å². The summed E-state index contributed by atoms with van der Waals surface area (Å²) in [5, 5.41) is 14.7. The topological polar surface area (TPSA) is 78.4 Å². The molecule has 3 N–H and O–H groups in total. The van der Waals surface area contributed by atoms with Crippen molar-refractivity contribution in [3.05, 3.63) is 71.8 Å². The van der Waals surface area contributed by atoms with Crippen LogP contribution in [-0.2, 0) is 16.0 Å². The molecule has 2 aromatic carbocycles. The zero-order valence-electron chi connectivity index (χ0n) is 15.0. The molecule has 26 heavy (non-hydrogen) atoms. The van der Waals surface area contributed by atoms with Crippen LogP contribution < -0.4 is 10.6 Å². The molecule has 0 heterocycles. The third-order valence-electron chi connectivity index (χ3n) is 3.69. The normalized spacial score (nSPS) is 11.3. The minimum atomic E-state index is -0.643. The van der Waals surface area contributed by atoms with E-state index in [1.807, 2.05) is 30.3 Å². The van der Waals surface area contributed by atoms with Crippen LogP contribution in [0.25, 0.3) is 6.08 Å². The molecule has 0 aliphatic carbocycles. The number of carbonyl (C=O) groups is 2. The predicted octanol–water partition coefficient (Wildman–Crippen LogP) is 2.77. The predicted molar refractivity (Wildman–Crippen MR) is 104 cm³/mol. The first-order valence-corrected chi connectivity index (χ1v) is 8.43. The first-order valence-electron chi connectivity index (χ1n) is 8.43. The number of aliphatic hydroxyl groups is 1. The number of nitrogens with one attached hydrogen (secondary N) is 2. The smallest absolute Gasteiger partial charge is 0.248 e. The molecule has 0 fully saturated rings. The average molecular weight is 352 g/mol. The summed E-state index contributed by atoms with van der Waals surface area (Å²) in [6.07, 6.45) is 3.44. The molecule has 0 saturated heterocycles. The van der Waals surface area contributed by atoms with E-state index >= 15 is 0 Å². The Morgan fingerprint density at radius 1 is 1.04 bits per heavy atom. The summed E-state index contributed by atoms with van der Waals surface area (Å²) in [4.78, 5) is 23.9. The molecule has 0 bridgehead atoms. The van der Waals surface area contributed by atoms with Crippen LogP contribution in [-0.4, -0.2) is 29.1 Å². The highest BCUT2D eigenvalue weighted by atomic mass is 16.3. The zero-order chi connectivity index (χ0) is 19.0. The summed E-state index contributed by atoms with van der Waals surface area (Å²) in [5.74, 6) is -0.379. The Hall–Kier alpha value is -2.92. The molecule has 0 aromatic heterocycles. The van der Waals surface area contributed by atoms with E-state index in [-0.39, 0.29) is 24.8 Å². The van der Waals surface area contributed by atoms with Crippen molar-refractivity contribution in [1.29, 1.82) is 0 Å². The van der Waals surface area contributed by atoms with Gasteiger partial charge in [-0.3, -0.25) is 9.59 Å². The maximum atomic E-state index is 12.0. The van der Waals surface area contributed by atoms with Gasteiger partial charge in [-0.05, 0) is 43.2 Å². The van der Waals surface area contributed by atoms with Gasteiger partial charge in [0.15, 0.2) is 0 Å². The molecular formula is C21H24N2O3. The fraction of sp³-hybridized carbons (Fsp3) is 0.238. The van der Waals surface area contributed by atoms with E-state index in [9.17, 15) is 14.7 Å². The van der Waals surface area contributed by atoms with Gasteiger partial charge in [0, 0.05) is 11.8 Å². The zero-order valence-corrected chi connectivity index (χ0v) is 15.0. The molecule has 0 aliphatic heterocycles. The van der Waals surface area contributed by atoms with Crippen molar-refractivity contribution >= 4 is 23.6 Å². The van der Waals surface area contributed by atoms with E-state index in [1.165, 1.54) is 6.08 Å². The fourth-order valence-electron chi connectivity index (χ4n) is 2.27. The van der Waals surface area contributed by atoms with Crippen LogP contribution in [0.4, 0.5) is 5.69 Å². The molecule has 136 valence electrons. The van der Waals surface area contributed by atoms with Gasteiger partial charge in [-0.25, -0.2) is 0 Å². The molecule has 0 saturated carbocycles. The second-order valence-corrected chi connectivity index (χ2v) is 6.70. The minimum Gasteiger partial charge on any atom is -0.394 e. The fourth-order valence-corrected chi connectivity index (χ4v) is 2.27. The van der Waals surface area contributed by atoms with Gasteiger partial charge in [-0.2, -0.15) is 0 Å². The Bertz CT molecular complexity index is 766. The lowest BCUT2D eigenvalue weighted by Gasteiger charge is -2.23. The van der Waals surface area contributed by atoms with Gasteiger partial charge in [0.05, 0.1) is 18.6 Å². The Morgan fingerprint density at radius 3 is 2.31 bits per heavy atom. The van der Waals surface area contributed by atoms with E-state index in [0.29, 0.717) is 5.69 Å². The number of carbonyl (C=O) groups excluding carboxylic acids is 2. The first-order chi connectivity index (χ1) is 12.4. The molecule has 2 rings (SSSR count). The van der Waals surface area contributed by atoms with Crippen LogP contribution in [0.1, 0.15) is 25.0 Å². The second kappa shape index (κ2) is 8.97. The molecule has 0 atom stereocenters. The van der Waals surface area contributed by atoms with Crippen molar-refractivity contribution in [3.8, 4) is 0 Å². The summed E-state index contributed by atoms with van der Waals surface area (Å²) in [7, 11) is 0. The summed E-state index contributed by atoms with van der Waals surface area (Å²) in [6.45, 7) is 3.39. The average Bonchev–Trinajstić information content (AvgIpc) is 2.62. The van der Waals surface area contributed by atoms with Gasteiger partial charge in [0.1, 0.15) is 0 Å². The van der Waals surface area contributed by atoms with E-state index in [1.54, 1.807) is 44.2 Å². The first kappa shape index (κ1) is 19.4. The maximum absolute atomic E-state index is 12.0. The number of rotatable bonds is 7. The highest BCUT2D eigenvalue weighted by molar-refractivity contribution is 6.01. The Labute approximate surface area is 153 Å². The van der Waals surface area contributed by atoms with E-state index in [2.05, 4.69) is 10.6 Å². The molecule has 0 unspecified atom stereocenters. The summed E-state index contributed by atoms with van der Waals surface area (Å²) >= 11 is 0. The highest BCUT2D eigenvalue weighted by Gasteiger charge is 2.18. The lowest BCUT2D eigenvalue weighted by atomic mass is 10.1. The van der Waals surface area contributed by atoms with Gasteiger partial charge in [0.2, 0.25) is 11.8 Å². The van der Waals surface area contributed by atoms with Crippen LogP contribution in [0.3, 0.4) is 0 Å². The Kier molecular flexibility index (Phi) is 6.69. The number of aliphatic hydroxyl groups excluding tert-OH is 1. The van der Waals surface area contributed by atoms with Crippen LogP contribution in [0, 0.1) is 0 Å². The lowest BCUT2D eigenvalue weighted by Crippen LogP contribution is -2.46. The minimum absolute atomic E-state index is 0.125. The highest BCUT2D eigenvalue weighted by Crippen LogP contribution is 2.11. The quantitative estimate of drug-likeness (QED) is 0.671. The number of hydrogen-bond acceptors (Lipinski definition) is 3. The molecule has 5 heteroatoms. The molecule has 0 spiro atoms. The van der Waals surface area contributed by atoms with Gasteiger partial charge >= 0.3 is 0 Å². The summed E-state index contributed by atoms with van der Waals surface area (Å²) < 4.78 is 0. The monoisotopic (exact) mass is 352 g/mol. The number of benzene rings is 2. The van der Waals surface area contributed by atoms with E-state index < -0.39 is 5.54 Å². The van der Waals surface area contributed by atoms with E-state index in [0.717, 1.165) is 11.1 Å². The van der Waals surface area contributed by atoms with Crippen molar-refractivity contribution in [1.82, 2.24) is 5.32 Å². The van der Waals surface area contributed by atoms with Gasteiger partial charge in [-0.15, -0.1) is 0 Å². The van der Waals surface area contributed by atoms with Gasteiger partial charge in [0.25, 0.3) is 0 Å². The SMILES string of the molecule is CC(C)(CO)NC(=O)Cc1ccc(NC(=O)/C=C/c2ccccc2)cc1. The molecule has 2 aromatic rings. The third-order valence-corrected chi connectivity index (χ3v) is 3.69. The van der Waals surface area contributed by atoms with Crippen molar-refractivity contribution in [2.75, 3.05) is 11.9 Å². The molecule has 5 nitrogen and oxygen atoms in total. The second-order valence-electron chi connectivity index (χ2n) is 6.70. The Morgan fingerprint density at radius 2 is 1.69 bits per heavy atom. The van der Waals surface area contributed by atoms with Crippen molar-refractivity contribution in [2.45, 2.75) is 25.8 Å². The molecule has 0 aliphatic rings. The number of amides is 2. The third kappa shape index (κ3) is 6.53. The van der Waals surface area contributed by atoms with E-state index in [4.69, 9.17) is 0 Å². The van der Waals surface area contributed by atoms with Crippen LogP contribution >= 0.6 is 0 Å². The van der Waals surface area contributed by atoms with Crippen molar-refractivity contribution in [3.63, 3.8) is 0 Å². The molecule has 0 radical (unpaired) electrons. The van der Waals surface area contributed by atoms with Crippen LogP contribution in [0.15, 0.2) is 60.7 Å². The van der Waals surface area contributed by atoms with Crippen LogP contribution in [0.5, 0.6) is 0 Å². The van der Waals surface area contributed by atoms with Gasteiger partial charge < -0.3 is 15.7 Å². The Balaban J connectivity index is 1.88. The summed E-state index contributed by atoms with van der Waals surface area (Å²) in [5.41, 5.74) is 1.80. The van der Waals surface area contributed by atoms with Crippen LogP contribution in [0.2, 0.25) is 0 Å². The maximum Gasteiger partial charge on any atom is 0.248 e. The number of hydrogen-bond donors (Lipinski definition) is 3. The van der Waals surface area contributed by atoms with Crippen molar-refractivity contribution in [2.24, 2.45) is 0 Å². The van der Waals surface area contributed by atoms with Crippen molar-refractivity contribution < 1.29 is 14.7 Å². The molecular weight excluding hydrogens is 328 g/mol.